The number of pyridine rings is 1. The third-order valence-electron chi connectivity index (χ3n) is 3.10. The molecule has 0 fully saturated rings. The van der Waals surface area contributed by atoms with Gasteiger partial charge in [-0.15, -0.1) is 0 Å². The number of nitrogen functional groups attached to an aromatic ring is 1. The van der Waals surface area contributed by atoms with Crippen LogP contribution in [0.3, 0.4) is 0 Å². The number of carbonyl (C=O) groups excluding carboxylic acids is 1. The minimum atomic E-state index is -0.212. The molecule has 0 atom stereocenters. The van der Waals surface area contributed by atoms with Gasteiger partial charge in [-0.2, -0.15) is 0 Å². The van der Waals surface area contributed by atoms with Crippen LogP contribution in [0, 0.1) is 0 Å². The first kappa shape index (κ1) is 15.7. The molecule has 106 valence electrons. The second-order valence-electron chi connectivity index (χ2n) is 5.10. The fraction of sp³-hybridized carbons (Fsp3) is 0.500. The highest BCUT2D eigenvalue weighted by Crippen LogP contribution is 2.14. The van der Waals surface area contributed by atoms with E-state index in [1.807, 2.05) is 32.8 Å². The van der Waals surface area contributed by atoms with E-state index in [2.05, 4.69) is 15.7 Å². The summed E-state index contributed by atoms with van der Waals surface area (Å²) < 4.78 is 0. The van der Waals surface area contributed by atoms with E-state index in [0.717, 1.165) is 0 Å². The summed E-state index contributed by atoms with van der Waals surface area (Å²) in [6.07, 6.45) is 0. The van der Waals surface area contributed by atoms with Crippen LogP contribution >= 0.6 is 11.6 Å². The molecule has 1 aromatic rings. The van der Waals surface area contributed by atoms with Crippen LogP contribution in [-0.4, -0.2) is 42.0 Å². The Morgan fingerprint density at radius 1 is 1.47 bits per heavy atom. The van der Waals surface area contributed by atoms with Gasteiger partial charge >= 0.3 is 0 Å². The highest BCUT2D eigenvalue weighted by atomic mass is 35.5. The maximum Gasteiger partial charge on any atom is 0.251 e. The van der Waals surface area contributed by atoms with Crippen molar-refractivity contribution >= 4 is 23.3 Å². The predicted octanol–water partition coefficient (Wildman–Crippen LogP) is 1.09. The molecule has 0 saturated heterocycles. The number of halogens is 1. The maximum atomic E-state index is 12.0. The Morgan fingerprint density at radius 3 is 2.63 bits per heavy atom. The highest BCUT2D eigenvalue weighted by Gasteiger charge is 2.21. The molecule has 7 heteroatoms. The number of rotatable bonds is 5. The lowest BCUT2D eigenvalue weighted by Crippen LogP contribution is -2.48. The van der Waals surface area contributed by atoms with Gasteiger partial charge in [0.2, 0.25) is 0 Å². The van der Waals surface area contributed by atoms with Crippen molar-refractivity contribution in [1.29, 1.82) is 0 Å². The van der Waals surface area contributed by atoms with Gasteiger partial charge in [0.25, 0.3) is 5.91 Å². The van der Waals surface area contributed by atoms with Crippen molar-refractivity contribution < 1.29 is 4.79 Å². The number of nitrogens with zero attached hydrogens (tertiary/aromatic N) is 2. The summed E-state index contributed by atoms with van der Waals surface area (Å²) in [6, 6.07) is 3.05. The molecular formula is C12H20ClN5O. The maximum absolute atomic E-state index is 12.0. The molecule has 0 unspecified atom stereocenters. The molecule has 6 nitrogen and oxygen atoms in total. The number of likely N-dealkylation sites (N-methyl/N-ethyl adjacent to an activating group) is 1. The van der Waals surface area contributed by atoms with Crippen molar-refractivity contribution in [1.82, 2.24) is 15.2 Å². The number of carbonyl (C=O) groups is 1. The highest BCUT2D eigenvalue weighted by molar-refractivity contribution is 6.29. The zero-order chi connectivity index (χ0) is 14.6. The summed E-state index contributed by atoms with van der Waals surface area (Å²) in [6.45, 7) is 4.60. The minimum Gasteiger partial charge on any atom is -0.350 e. The van der Waals surface area contributed by atoms with Gasteiger partial charge in [-0.25, -0.2) is 10.8 Å². The topological polar surface area (TPSA) is 83.3 Å². The van der Waals surface area contributed by atoms with E-state index in [1.165, 1.54) is 6.07 Å². The Balaban J connectivity index is 2.76. The molecule has 1 heterocycles. The summed E-state index contributed by atoms with van der Waals surface area (Å²) in [5.41, 5.74) is 2.65. The van der Waals surface area contributed by atoms with Gasteiger partial charge < -0.3 is 15.6 Å². The number of nitrogens with two attached hydrogens (primary N) is 1. The first-order valence-corrected chi connectivity index (χ1v) is 6.24. The molecular weight excluding hydrogens is 266 g/mol. The van der Waals surface area contributed by atoms with Crippen LogP contribution in [-0.2, 0) is 0 Å². The third-order valence-corrected chi connectivity index (χ3v) is 3.29. The summed E-state index contributed by atoms with van der Waals surface area (Å²) in [5, 5.41) is 3.08. The number of hydrogen-bond donors (Lipinski definition) is 3. The monoisotopic (exact) mass is 285 g/mol. The number of hydrogen-bond acceptors (Lipinski definition) is 5. The van der Waals surface area contributed by atoms with Gasteiger partial charge in [0.15, 0.2) is 0 Å². The van der Waals surface area contributed by atoms with Crippen LogP contribution < -0.4 is 16.6 Å². The smallest absolute Gasteiger partial charge is 0.251 e. The lowest BCUT2D eigenvalue weighted by Gasteiger charge is -2.32. The molecule has 1 amide bonds. The van der Waals surface area contributed by atoms with Gasteiger partial charge in [0, 0.05) is 17.6 Å². The summed E-state index contributed by atoms with van der Waals surface area (Å²) in [5.74, 6) is 5.40. The number of anilines is 1. The zero-order valence-corrected chi connectivity index (χ0v) is 12.4. The molecule has 0 aromatic carbocycles. The van der Waals surface area contributed by atoms with E-state index in [0.29, 0.717) is 17.9 Å². The predicted molar refractivity (Wildman–Crippen MR) is 77.2 cm³/mol. The van der Waals surface area contributed by atoms with E-state index >= 15 is 0 Å². The molecule has 0 spiro atoms. The number of nitrogens with one attached hydrogen (secondary N) is 2. The second kappa shape index (κ2) is 6.18. The van der Waals surface area contributed by atoms with E-state index in [9.17, 15) is 4.79 Å². The van der Waals surface area contributed by atoms with E-state index in [-0.39, 0.29) is 16.6 Å². The summed E-state index contributed by atoms with van der Waals surface area (Å²) in [7, 11) is 3.93. The van der Waals surface area contributed by atoms with Crippen molar-refractivity contribution in [3.63, 3.8) is 0 Å². The molecule has 0 aliphatic heterocycles. The van der Waals surface area contributed by atoms with Gasteiger partial charge in [-0.3, -0.25) is 4.79 Å². The molecule has 1 rings (SSSR count). The van der Waals surface area contributed by atoms with Crippen LogP contribution in [0.4, 0.5) is 5.82 Å². The van der Waals surface area contributed by atoms with Crippen molar-refractivity contribution in [3.05, 3.63) is 22.8 Å². The Labute approximate surface area is 118 Å². The molecule has 0 saturated carbocycles. The molecule has 0 radical (unpaired) electrons. The van der Waals surface area contributed by atoms with E-state index in [4.69, 9.17) is 17.4 Å². The fourth-order valence-electron chi connectivity index (χ4n) is 1.26. The average Bonchev–Trinajstić information content (AvgIpc) is 2.34. The summed E-state index contributed by atoms with van der Waals surface area (Å²) >= 11 is 5.82. The van der Waals surface area contributed by atoms with Crippen LogP contribution in [0.1, 0.15) is 24.2 Å². The lowest BCUT2D eigenvalue weighted by atomic mass is 10.0. The van der Waals surface area contributed by atoms with E-state index < -0.39 is 0 Å². The lowest BCUT2D eigenvalue weighted by molar-refractivity contribution is 0.0919. The summed E-state index contributed by atoms with van der Waals surface area (Å²) in [4.78, 5) is 18.0. The van der Waals surface area contributed by atoms with E-state index in [1.54, 1.807) is 6.07 Å². The fourth-order valence-corrected chi connectivity index (χ4v) is 1.47. The van der Waals surface area contributed by atoms with Gasteiger partial charge in [0.05, 0.1) is 0 Å². The Kier molecular flexibility index (Phi) is 5.11. The van der Waals surface area contributed by atoms with Crippen molar-refractivity contribution in [3.8, 4) is 0 Å². The minimum absolute atomic E-state index is 0.137. The molecule has 0 aliphatic rings. The quantitative estimate of drug-likeness (QED) is 0.428. The van der Waals surface area contributed by atoms with Gasteiger partial charge in [-0.05, 0) is 40.1 Å². The van der Waals surface area contributed by atoms with Crippen molar-refractivity contribution in [2.75, 3.05) is 26.1 Å². The molecule has 4 N–H and O–H groups in total. The Morgan fingerprint density at radius 2 is 2.11 bits per heavy atom. The first-order chi connectivity index (χ1) is 8.76. The largest absolute Gasteiger partial charge is 0.350 e. The number of aromatic nitrogens is 1. The molecule has 19 heavy (non-hydrogen) atoms. The third kappa shape index (κ3) is 4.34. The number of hydrazine groups is 1. The molecule has 1 aromatic heterocycles. The van der Waals surface area contributed by atoms with Crippen molar-refractivity contribution in [2.24, 2.45) is 5.84 Å². The van der Waals surface area contributed by atoms with Crippen LogP contribution in [0.25, 0.3) is 0 Å². The Hall–Kier alpha value is -1.37. The second-order valence-corrected chi connectivity index (χ2v) is 5.48. The van der Waals surface area contributed by atoms with Gasteiger partial charge in [0.1, 0.15) is 11.0 Å². The SMILES string of the molecule is CN(C)C(C)(C)CNC(=O)c1cc(Cl)nc(NN)c1. The molecule has 0 bridgehead atoms. The van der Waals surface area contributed by atoms with Crippen LogP contribution in [0.15, 0.2) is 12.1 Å². The normalized spacial score (nSPS) is 11.5. The van der Waals surface area contributed by atoms with Crippen LogP contribution in [0.5, 0.6) is 0 Å². The van der Waals surface area contributed by atoms with Crippen LogP contribution in [0.2, 0.25) is 5.15 Å². The first-order valence-electron chi connectivity index (χ1n) is 5.86. The number of amides is 1. The average molecular weight is 286 g/mol. The zero-order valence-electron chi connectivity index (χ0n) is 11.6. The Bertz CT molecular complexity index is 461. The van der Waals surface area contributed by atoms with Gasteiger partial charge in [-0.1, -0.05) is 11.6 Å². The van der Waals surface area contributed by atoms with Crippen molar-refractivity contribution in [2.45, 2.75) is 19.4 Å². The standard InChI is InChI=1S/C12H20ClN5O/c1-12(2,18(3)4)7-15-11(19)8-5-9(13)16-10(6-8)17-14/h5-6H,7,14H2,1-4H3,(H,15,19)(H,16,17). The molecule has 0 aliphatic carbocycles.